The summed E-state index contributed by atoms with van der Waals surface area (Å²) in [6.45, 7) is 6.29. The van der Waals surface area contributed by atoms with Gasteiger partial charge in [-0.2, -0.15) is 0 Å². The van der Waals surface area contributed by atoms with Gasteiger partial charge >= 0.3 is 5.97 Å². The molecule has 1 unspecified atom stereocenters. The van der Waals surface area contributed by atoms with Gasteiger partial charge < -0.3 is 14.5 Å². The van der Waals surface area contributed by atoms with E-state index in [2.05, 4.69) is 25.1 Å². The van der Waals surface area contributed by atoms with Gasteiger partial charge in [-0.25, -0.2) is 0 Å². The fourth-order valence-corrected chi connectivity index (χ4v) is 7.87. The van der Waals surface area contributed by atoms with Gasteiger partial charge in [-0.3, -0.25) is 9.59 Å². The number of hydrogen-bond acceptors (Lipinski definition) is 3. The van der Waals surface area contributed by atoms with E-state index < -0.39 is 0 Å². The normalized spacial score (nSPS) is 40.5. The van der Waals surface area contributed by atoms with Crippen molar-refractivity contribution in [1.29, 1.82) is 0 Å². The van der Waals surface area contributed by atoms with Crippen molar-refractivity contribution in [3.63, 3.8) is 0 Å². The highest BCUT2D eigenvalue weighted by Gasteiger charge is 2.74. The van der Waals surface area contributed by atoms with Gasteiger partial charge in [0.15, 0.2) is 0 Å². The predicted octanol–water partition coefficient (Wildman–Crippen LogP) is 1.70. The molecule has 6 atom stereocenters. The minimum atomic E-state index is -0.255. The van der Waals surface area contributed by atoms with Crippen LogP contribution in [0, 0.1) is 11.3 Å². The van der Waals surface area contributed by atoms with E-state index in [0.717, 1.165) is 31.5 Å². The molecule has 1 saturated carbocycles. The maximum atomic E-state index is 13.1. The van der Waals surface area contributed by atoms with E-state index in [0.29, 0.717) is 6.04 Å². The van der Waals surface area contributed by atoms with Crippen molar-refractivity contribution in [1.82, 2.24) is 0 Å². The maximum absolute atomic E-state index is 13.1. The first-order valence-corrected chi connectivity index (χ1v) is 10.8. The van der Waals surface area contributed by atoms with E-state index in [9.17, 15) is 9.59 Å². The third-order valence-electron chi connectivity index (χ3n) is 8.59. The van der Waals surface area contributed by atoms with Gasteiger partial charge in [0.1, 0.15) is 6.04 Å². The van der Waals surface area contributed by atoms with Gasteiger partial charge in [0.2, 0.25) is 5.91 Å². The Morgan fingerprint density at radius 2 is 2.04 bits per heavy atom. The summed E-state index contributed by atoms with van der Waals surface area (Å²) in [5.41, 5.74) is 2.33. The number of fused-ring (bicyclic) bond motifs is 1. The Labute approximate surface area is 167 Å². The molecule has 5 rings (SSSR count). The van der Waals surface area contributed by atoms with Gasteiger partial charge in [0, 0.05) is 24.4 Å². The summed E-state index contributed by atoms with van der Waals surface area (Å²) in [5, 5.41) is 0. The molecule has 3 heterocycles. The number of carbonyl (C=O) groups is 2. The third kappa shape index (κ3) is 2.01. The van der Waals surface area contributed by atoms with E-state index in [1.807, 2.05) is 11.0 Å². The molecule has 1 amide bonds. The standard InChI is InChI=1S/C23H30N2O3/c1-4-22-10-7-12-24-13-11-23(21(22)24)17-8-5-6-9-18(17)25(15(2)26)19(23)16(14-22)20(27)28-3/h5-6,8-9,16,19,21H,4,7,10-14H2,1-3H3/p+1/t16-,19+,21+,22-,23+/m1/s1. The molecule has 28 heavy (non-hydrogen) atoms. The summed E-state index contributed by atoms with van der Waals surface area (Å²) < 4.78 is 5.31. The van der Waals surface area contributed by atoms with Crippen LogP contribution in [0.5, 0.6) is 0 Å². The highest BCUT2D eigenvalue weighted by Crippen LogP contribution is 2.63. The number of methoxy groups -OCH3 is 1. The summed E-state index contributed by atoms with van der Waals surface area (Å²) in [6.07, 6.45) is 5.39. The Morgan fingerprint density at radius 1 is 1.25 bits per heavy atom. The number of hydrogen-bond donors (Lipinski definition) is 1. The number of para-hydroxylation sites is 1. The van der Waals surface area contributed by atoms with Crippen LogP contribution >= 0.6 is 0 Å². The molecule has 1 spiro atoms. The molecule has 3 aliphatic heterocycles. The molecule has 2 saturated heterocycles. The molecule has 0 aromatic heterocycles. The zero-order valence-corrected chi connectivity index (χ0v) is 17.2. The van der Waals surface area contributed by atoms with Crippen molar-refractivity contribution >= 4 is 17.6 Å². The van der Waals surface area contributed by atoms with Crippen LogP contribution in [0.4, 0.5) is 5.69 Å². The molecular formula is C23H31N2O3+. The lowest BCUT2D eigenvalue weighted by molar-refractivity contribution is -0.930. The first-order valence-electron chi connectivity index (χ1n) is 10.8. The molecule has 3 fully saturated rings. The molecule has 5 heteroatoms. The second-order valence-electron chi connectivity index (χ2n) is 9.39. The van der Waals surface area contributed by atoms with Crippen LogP contribution in [-0.2, 0) is 19.7 Å². The molecule has 150 valence electrons. The number of nitrogens with one attached hydrogen (secondary N) is 1. The van der Waals surface area contributed by atoms with Crippen LogP contribution in [0.2, 0.25) is 0 Å². The highest BCUT2D eigenvalue weighted by atomic mass is 16.5. The van der Waals surface area contributed by atoms with Gasteiger partial charge in [0.25, 0.3) is 0 Å². The minimum absolute atomic E-state index is 0.0384. The van der Waals surface area contributed by atoms with Crippen molar-refractivity contribution in [2.75, 3.05) is 25.1 Å². The fourth-order valence-electron chi connectivity index (χ4n) is 7.87. The van der Waals surface area contributed by atoms with E-state index >= 15 is 0 Å². The Hall–Kier alpha value is -1.88. The largest absolute Gasteiger partial charge is 0.469 e. The van der Waals surface area contributed by atoms with Crippen molar-refractivity contribution in [2.24, 2.45) is 11.3 Å². The van der Waals surface area contributed by atoms with Crippen molar-refractivity contribution in [3.05, 3.63) is 29.8 Å². The SMILES string of the molecule is CC[C@@]12CCC[NH+]3CC[C@@]4(c5ccccc5N(C(C)=O)[C@H]4[C@H](C(=O)OC)C1)[C@@H]32. The number of benzene rings is 1. The molecule has 4 aliphatic rings. The first kappa shape index (κ1) is 18.2. The zero-order valence-electron chi connectivity index (χ0n) is 17.2. The molecule has 1 N–H and O–H groups in total. The smallest absolute Gasteiger partial charge is 0.310 e. The number of quaternary nitrogens is 1. The van der Waals surface area contributed by atoms with Crippen molar-refractivity contribution in [3.8, 4) is 0 Å². The molecule has 0 radical (unpaired) electrons. The average molecular weight is 384 g/mol. The number of nitrogens with zero attached hydrogens (tertiary/aromatic N) is 1. The molecule has 5 nitrogen and oxygen atoms in total. The second-order valence-corrected chi connectivity index (χ2v) is 9.39. The van der Waals surface area contributed by atoms with E-state index in [1.165, 1.54) is 32.1 Å². The van der Waals surface area contributed by atoms with Crippen LogP contribution < -0.4 is 9.80 Å². The summed E-state index contributed by atoms with van der Waals surface area (Å²) in [7, 11) is 1.49. The second kappa shape index (κ2) is 6.06. The summed E-state index contributed by atoms with van der Waals surface area (Å²) >= 11 is 0. The molecule has 1 aromatic rings. The van der Waals surface area contributed by atoms with Crippen LogP contribution in [0.1, 0.15) is 51.5 Å². The first-order chi connectivity index (χ1) is 13.5. The van der Waals surface area contributed by atoms with Crippen LogP contribution in [0.15, 0.2) is 24.3 Å². The Kier molecular flexibility index (Phi) is 3.93. The van der Waals surface area contributed by atoms with Gasteiger partial charge in [-0.1, -0.05) is 25.1 Å². The lowest BCUT2D eigenvalue weighted by atomic mass is 9.49. The molecule has 1 aliphatic carbocycles. The Bertz CT molecular complexity index is 839. The summed E-state index contributed by atoms with van der Waals surface area (Å²) in [5.74, 6) is -0.361. The van der Waals surface area contributed by atoms with Crippen LogP contribution in [-0.4, -0.2) is 44.2 Å². The predicted molar refractivity (Wildman–Crippen MR) is 106 cm³/mol. The van der Waals surface area contributed by atoms with E-state index in [4.69, 9.17) is 4.74 Å². The maximum Gasteiger partial charge on any atom is 0.310 e. The Balaban J connectivity index is 1.79. The number of ether oxygens (including phenoxy) is 1. The monoisotopic (exact) mass is 383 g/mol. The van der Waals surface area contributed by atoms with Crippen molar-refractivity contribution in [2.45, 2.75) is 63.5 Å². The summed E-state index contributed by atoms with van der Waals surface area (Å²) in [6, 6.07) is 8.79. The number of piperidine rings is 1. The van der Waals surface area contributed by atoms with E-state index in [1.54, 1.807) is 11.8 Å². The highest BCUT2D eigenvalue weighted by molar-refractivity contribution is 5.97. The van der Waals surface area contributed by atoms with E-state index in [-0.39, 0.29) is 34.7 Å². The Morgan fingerprint density at radius 3 is 2.75 bits per heavy atom. The topological polar surface area (TPSA) is 51.0 Å². The number of anilines is 1. The van der Waals surface area contributed by atoms with Crippen LogP contribution in [0.25, 0.3) is 0 Å². The van der Waals surface area contributed by atoms with Crippen molar-refractivity contribution < 1.29 is 19.2 Å². The minimum Gasteiger partial charge on any atom is -0.469 e. The molecule has 0 bridgehead atoms. The lowest BCUT2D eigenvalue weighted by Crippen LogP contribution is -3.18. The summed E-state index contributed by atoms with van der Waals surface area (Å²) in [4.78, 5) is 29.6. The average Bonchev–Trinajstić information content (AvgIpc) is 3.25. The van der Waals surface area contributed by atoms with Gasteiger partial charge in [-0.15, -0.1) is 0 Å². The molecule has 1 aromatic carbocycles. The third-order valence-corrected chi connectivity index (χ3v) is 8.59. The van der Waals surface area contributed by atoms with Crippen LogP contribution in [0.3, 0.4) is 0 Å². The van der Waals surface area contributed by atoms with Gasteiger partial charge in [0.05, 0.1) is 37.6 Å². The quantitative estimate of drug-likeness (QED) is 0.791. The number of carbonyl (C=O) groups excluding carboxylic acids is 2. The number of amides is 1. The lowest BCUT2D eigenvalue weighted by Gasteiger charge is -2.57. The fraction of sp³-hybridized carbons (Fsp3) is 0.652. The zero-order chi connectivity index (χ0) is 19.7. The number of esters is 1. The van der Waals surface area contributed by atoms with Gasteiger partial charge in [-0.05, 0) is 37.3 Å². The molecular weight excluding hydrogens is 352 g/mol. The number of rotatable bonds is 2.